The van der Waals surface area contributed by atoms with Crippen LogP contribution in [-0.2, 0) is 6.18 Å². The average Bonchev–Trinajstić information content (AvgIpc) is 2.96. The third kappa shape index (κ3) is 7.58. The summed E-state index contributed by atoms with van der Waals surface area (Å²) in [5.74, 6) is 0. The first-order chi connectivity index (χ1) is 19.2. The molecule has 0 aliphatic rings. The predicted molar refractivity (Wildman–Crippen MR) is 152 cm³/mol. The molecule has 0 heterocycles. The van der Waals surface area contributed by atoms with Gasteiger partial charge in [0.2, 0.25) is 0 Å². The van der Waals surface area contributed by atoms with E-state index in [1.165, 1.54) is 12.1 Å². The summed E-state index contributed by atoms with van der Waals surface area (Å²) in [5.41, 5.74) is 2.19. The Morgan fingerprint density at radius 3 is 1.68 bits per heavy atom. The van der Waals surface area contributed by atoms with Gasteiger partial charge in [0, 0.05) is 11.4 Å². The quantitative estimate of drug-likeness (QED) is 0.180. The molecule has 0 radical (unpaired) electrons. The lowest BCUT2D eigenvalue weighted by Gasteiger charge is -2.31. The first-order valence-electron chi connectivity index (χ1n) is 12.2. The maximum atomic E-state index is 13.1. The molecule has 0 unspecified atom stereocenters. The molecule has 0 aliphatic heterocycles. The van der Waals surface area contributed by atoms with E-state index in [1.54, 1.807) is 24.3 Å². The zero-order valence-electron chi connectivity index (χ0n) is 20.9. The highest BCUT2D eigenvalue weighted by molar-refractivity contribution is 7.80. The normalized spacial score (nSPS) is 12.3. The number of urea groups is 1. The van der Waals surface area contributed by atoms with Crippen LogP contribution in [0.4, 0.5) is 29.3 Å². The van der Waals surface area contributed by atoms with Gasteiger partial charge in [0.05, 0.1) is 29.3 Å². The Hall–Kier alpha value is -4.88. The van der Waals surface area contributed by atoms with Crippen LogP contribution in [0.15, 0.2) is 109 Å². The van der Waals surface area contributed by atoms with Gasteiger partial charge in [-0.25, -0.2) is 4.79 Å². The third-order valence-electron chi connectivity index (χ3n) is 5.97. The van der Waals surface area contributed by atoms with Gasteiger partial charge in [-0.2, -0.15) is 18.4 Å². The SMILES string of the molecule is N#Cc1ccc(NC(=S)N[C@H](c2ccccc2)[C@H](NC(=O)Nc2ccc(C(F)(F)F)cc2)c2ccccc2)cc1. The Morgan fingerprint density at radius 2 is 1.18 bits per heavy atom. The van der Waals surface area contributed by atoms with Gasteiger partial charge in [-0.1, -0.05) is 60.7 Å². The fourth-order valence-corrected chi connectivity index (χ4v) is 4.27. The zero-order valence-corrected chi connectivity index (χ0v) is 21.8. The molecule has 202 valence electrons. The van der Waals surface area contributed by atoms with Crippen molar-refractivity contribution in [2.45, 2.75) is 18.3 Å². The van der Waals surface area contributed by atoms with Gasteiger partial charge in [0.15, 0.2) is 5.11 Å². The van der Waals surface area contributed by atoms with E-state index in [1.807, 2.05) is 60.7 Å². The molecule has 0 saturated carbocycles. The molecule has 4 N–H and O–H groups in total. The summed E-state index contributed by atoms with van der Waals surface area (Å²) >= 11 is 5.60. The summed E-state index contributed by atoms with van der Waals surface area (Å²) in [4.78, 5) is 13.1. The lowest BCUT2D eigenvalue weighted by molar-refractivity contribution is -0.137. The number of nitrogens with zero attached hydrogens (tertiary/aromatic N) is 1. The van der Waals surface area contributed by atoms with Crippen LogP contribution in [0.5, 0.6) is 0 Å². The molecule has 40 heavy (non-hydrogen) atoms. The number of anilines is 2. The van der Waals surface area contributed by atoms with Crippen LogP contribution < -0.4 is 21.3 Å². The van der Waals surface area contributed by atoms with Crippen LogP contribution in [0.3, 0.4) is 0 Å². The number of nitrogens with one attached hydrogen (secondary N) is 4. The number of rotatable bonds is 7. The van der Waals surface area contributed by atoms with Gasteiger partial charge < -0.3 is 21.3 Å². The van der Waals surface area contributed by atoms with Crippen molar-refractivity contribution in [3.63, 3.8) is 0 Å². The second-order valence-electron chi connectivity index (χ2n) is 8.74. The molecule has 0 fully saturated rings. The third-order valence-corrected chi connectivity index (χ3v) is 6.19. The van der Waals surface area contributed by atoms with Crippen LogP contribution in [-0.4, -0.2) is 11.1 Å². The Balaban J connectivity index is 1.58. The lowest BCUT2D eigenvalue weighted by atomic mass is 9.93. The van der Waals surface area contributed by atoms with Crippen LogP contribution in [0.25, 0.3) is 0 Å². The molecular weight excluding hydrogens is 535 g/mol. The topological polar surface area (TPSA) is 89.0 Å². The van der Waals surface area contributed by atoms with Gasteiger partial charge in [0.25, 0.3) is 0 Å². The summed E-state index contributed by atoms with van der Waals surface area (Å²) in [6.07, 6.45) is -4.47. The molecule has 2 atom stereocenters. The Bertz CT molecular complexity index is 1470. The second-order valence-corrected chi connectivity index (χ2v) is 9.15. The summed E-state index contributed by atoms with van der Waals surface area (Å²) in [6.45, 7) is 0. The molecule has 2 amide bonds. The van der Waals surface area contributed by atoms with Crippen molar-refractivity contribution >= 4 is 34.7 Å². The fraction of sp³-hybridized carbons (Fsp3) is 0.100. The van der Waals surface area contributed by atoms with E-state index >= 15 is 0 Å². The van der Waals surface area contributed by atoms with Crippen LogP contribution in [0.1, 0.15) is 34.3 Å². The maximum absolute atomic E-state index is 13.1. The maximum Gasteiger partial charge on any atom is 0.416 e. The predicted octanol–water partition coefficient (Wildman–Crippen LogP) is 7.17. The second kappa shape index (κ2) is 12.8. The number of alkyl halides is 3. The van der Waals surface area contributed by atoms with Gasteiger partial charge >= 0.3 is 12.2 Å². The highest BCUT2D eigenvalue weighted by Crippen LogP contribution is 2.31. The number of benzene rings is 4. The molecule has 0 aromatic heterocycles. The number of carbonyl (C=O) groups excluding carboxylic acids is 1. The first-order valence-corrected chi connectivity index (χ1v) is 12.6. The van der Waals surface area contributed by atoms with E-state index in [0.29, 0.717) is 11.3 Å². The van der Waals surface area contributed by atoms with Crippen molar-refractivity contribution in [3.8, 4) is 6.07 Å². The van der Waals surface area contributed by atoms with E-state index in [9.17, 15) is 18.0 Å². The molecule has 4 rings (SSSR count). The summed E-state index contributed by atoms with van der Waals surface area (Å²) in [7, 11) is 0. The van der Waals surface area contributed by atoms with E-state index in [-0.39, 0.29) is 10.8 Å². The lowest BCUT2D eigenvalue weighted by Crippen LogP contribution is -2.43. The number of halogens is 3. The minimum absolute atomic E-state index is 0.208. The Morgan fingerprint density at radius 1 is 0.700 bits per heavy atom. The minimum Gasteiger partial charge on any atom is -0.353 e. The molecule has 4 aromatic carbocycles. The Kier molecular flexibility index (Phi) is 8.99. The molecule has 0 spiro atoms. The highest BCUT2D eigenvalue weighted by Gasteiger charge is 2.30. The largest absolute Gasteiger partial charge is 0.416 e. The van der Waals surface area contributed by atoms with Crippen molar-refractivity contribution < 1.29 is 18.0 Å². The molecule has 4 aromatic rings. The minimum atomic E-state index is -4.47. The van der Waals surface area contributed by atoms with E-state index < -0.39 is 29.9 Å². The number of hydrogen-bond donors (Lipinski definition) is 4. The number of carbonyl (C=O) groups is 1. The van der Waals surface area contributed by atoms with E-state index in [4.69, 9.17) is 17.5 Å². The molecule has 6 nitrogen and oxygen atoms in total. The van der Waals surface area contributed by atoms with Gasteiger partial charge in [-0.15, -0.1) is 0 Å². The van der Waals surface area contributed by atoms with Crippen LogP contribution >= 0.6 is 12.2 Å². The zero-order chi connectivity index (χ0) is 28.5. The van der Waals surface area contributed by atoms with Crippen molar-refractivity contribution in [1.29, 1.82) is 5.26 Å². The first kappa shape index (κ1) is 28.1. The molecule has 0 bridgehead atoms. The van der Waals surface area contributed by atoms with E-state index in [0.717, 1.165) is 23.3 Å². The van der Waals surface area contributed by atoms with E-state index in [2.05, 4.69) is 27.3 Å². The average molecular weight is 560 g/mol. The Labute approximate surface area is 234 Å². The van der Waals surface area contributed by atoms with Crippen molar-refractivity contribution in [1.82, 2.24) is 10.6 Å². The van der Waals surface area contributed by atoms with Crippen molar-refractivity contribution in [3.05, 3.63) is 131 Å². The number of nitriles is 1. The molecule has 10 heteroatoms. The fourth-order valence-electron chi connectivity index (χ4n) is 4.03. The molecular formula is C30H24F3N5OS. The van der Waals surface area contributed by atoms with Crippen LogP contribution in [0.2, 0.25) is 0 Å². The summed E-state index contributed by atoms with van der Waals surface area (Å²) in [6, 6.07) is 29.9. The number of hydrogen-bond acceptors (Lipinski definition) is 3. The van der Waals surface area contributed by atoms with Gasteiger partial charge in [-0.05, 0) is 71.9 Å². The van der Waals surface area contributed by atoms with Crippen LogP contribution in [0, 0.1) is 11.3 Å². The number of amides is 2. The highest BCUT2D eigenvalue weighted by atomic mass is 32.1. The van der Waals surface area contributed by atoms with Gasteiger partial charge in [-0.3, -0.25) is 0 Å². The van der Waals surface area contributed by atoms with Crippen molar-refractivity contribution in [2.75, 3.05) is 10.6 Å². The number of thiocarbonyl (C=S) groups is 1. The standard InChI is InChI=1S/C30H24F3N5OS/c31-30(32,33)23-13-17-24(18-14-23)35-28(39)37-26(21-7-3-1-4-8-21)27(22-9-5-2-6-10-22)38-29(40)36-25-15-11-20(19-34)12-16-25/h1-18,26-27H,(H2,35,37,39)(H2,36,38,40)/t26-,27-/m1/s1. The monoisotopic (exact) mass is 559 g/mol. The summed E-state index contributed by atoms with van der Waals surface area (Å²) < 4.78 is 38.8. The smallest absolute Gasteiger partial charge is 0.353 e. The molecule has 0 saturated heterocycles. The molecule has 0 aliphatic carbocycles. The van der Waals surface area contributed by atoms with Gasteiger partial charge in [0.1, 0.15) is 0 Å². The van der Waals surface area contributed by atoms with Crippen molar-refractivity contribution in [2.24, 2.45) is 0 Å². The summed E-state index contributed by atoms with van der Waals surface area (Å²) in [5, 5.41) is 21.3.